The van der Waals surface area contributed by atoms with Crippen LogP contribution in [0.4, 0.5) is 5.82 Å². The first-order chi connectivity index (χ1) is 8.61. The van der Waals surface area contributed by atoms with E-state index in [1.165, 1.54) is 0 Å². The molecule has 1 aliphatic heterocycles. The minimum absolute atomic E-state index is 0.356. The van der Waals surface area contributed by atoms with Crippen molar-refractivity contribution < 1.29 is 0 Å². The second-order valence-electron chi connectivity index (χ2n) is 4.89. The van der Waals surface area contributed by atoms with Gasteiger partial charge in [0.2, 0.25) is 0 Å². The molecule has 1 aliphatic rings. The van der Waals surface area contributed by atoms with Crippen LogP contribution < -0.4 is 4.90 Å². The van der Waals surface area contributed by atoms with Crippen molar-refractivity contribution in [2.24, 2.45) is 0 Å². The topological polar surface area (TPSA) is 19.4 Å². The Kier molecular flexibility index (Phi) is 4.71. The Labute approximate surface area is 119 Å². The van der Waals surface area contributed by atoms with Crippen LogP contribution in [-0.4, -0.2) is 42.6 Å². The lowest BCUT2D eigenvalue weighted by molar-refractivity contribution is 0.337. The number of alkyl halides is 1. The lowest BCUT2D eigenvalue weighted by Gasteiger charge is -2.29. The van der Waals surface area contributed by atoms with E-state index in [4.69, 9.17) is 23.2 Å². The predicted octanol–water partition coefficient (Wildman–Crippen LogP) is 3.00. The summed E-state index contributed by atoms with van der Waals surface area (Å²) in [4.78, 5) is 9.28. The standard InChI is InChI=1S/C13H19Cl2N3/c1-10-9-17(2)6-3-7-18(10)13-5-4-11(15)12(8-14)16-13/h4-5,10H,3,6-9H2,1-2H3. The quantitative estimate of drug-likeness (QED) is 0.780. The third-order valence-corrected chi connectivity index (χ3v) is 3.97. The van der Waals surface area contributed by atoms with Crippen molar-refractivity contribution in [1.29, 1.82) is 0 Å². The van der Waals surface area contributed by atoms with Crippen molar-refractivity contribution in [3.8, 4) is 0 Å². The highest BCUT2D eigenvalue weighted by Gasteiger charge is 2.21. The average molecular weight is 288 g/mol. The summed E-state index contributed by atoms with van der Waals surface area (Å²) in [5, 5.41) is 0.647. The average Bonchev–Trinajstić information content (AvgIpc) is 2.51. The van der Waals surface area contributed by atoms with Gasteiger partial charge in [-0.1, -0.05) is 11.6 Å². The number of rotatable bonds is 2. The van der Waals surface area contributed by atoms with Gasteiger partial charge >= 0.3 is 0 Å². The normalized spacial score (nSPS) is 22.0. The second-order valence-corrected chi connectivity index (χ2v) is 5.56. The highest BCUT2D eigenvalue weighted by molar-refractivity contribution is 6.32. The van der Waals surface area contributed by atoms with Gasteiger partial charge in [-0.15, -0.1) is 11.6 Å². The first kappa shape index (κ1) is 13.9. The van der Waals surface area contributed by atoms with Crippen LogP contribution >= 0.6 is 23.2 Å². The van der Waals surface area contributed by atoms with Gasteiger partial charge < -0.3 is 9.80 Å². The van der Waals surface area contributed by atoms with Gasteiger partial charge in [0, 0.05) is 19.1 Å². The van der Waals surface area contributed by atoms with E-state index in [-0.39, 0.29) is 0 Å². The zero-order valence-corrected chi connectivity index (χ0v) is 12.4. The highest BCUT2D eigenvalue weighted by atomic mass is 35.5. The molecule has 2 rings (SSSR count). The van der Waals surface area contributed by atoms with Gasteiger partial charge in [-0.3, -0.25) is 0 Å². The van der Waals surface area contributed by atoms with Crippen LogP contribution in [0.5, 0.6) is 0 Å². The largest absolute Gasteiger partial charge is 0.353 e. The van der Waals surface area contributed by atoms with E-state index in [0.717, 1.165) is 37.6 Å². The summed E-state index contributed by atoms with van der Waals surface area (Å²) in [7, 11) is 2.17. The molecule has 1 aromatic rings. The van der Waals surface area contributed by atoms with E-state index in [0.29, 0.717) is 16.9 Å². The third-order valence-electron chi connectivity index (χ3n) is 3.37. The fourth-order valence-electron chi connectivity index (χ4n) is 2.44. The highest BCUT2D eigenvalue weighted by Crippen LogP contribution is 2.23. The molecule has 100 valence electrons. The summed E-state index contributed by atoms with van der Waals surface area (Å²) in [6.07, 6.45) is 1.15. The molecule has 0 amide bonds. The number of anilines is 1. The maximum atomic E-state index is 6.05. The molecular formula is C13H19Cl2N3. The summed E-state index contributed by atoms with van der Waals surface area (Å²) in [5.74, 6) is 1.34. The van der Waals surface area contributed by atoms with Crippen molar-refractivity contribution in [3.63, 3.8) is 0 Å². The maximum Gasteiger partial charge on any atom is 0.129 e. The molecular weight excluding hydrogens is 269 g/mol. The van der Waals surface area contributed by atoms with Crippen LogP contribution in [0, 0.1) is 0 Å². The van der Waals surface area contributed by atoms with Gasteiger partial charge in [0.1, 0.15) is 5.82 Å². The lowest BCUT2D eigenvalue weighted by atomic mass is 10.2. The van der Waals surface area contributed by atoms with Gasteiger partial charge in [-0.25, -0.2) is 4.98 Å². The zero-order chi connectivity index (χ0) is 13.1. The Balaban J connectivity index is 2.24. The molecule has 1 unspecified atom stereocenters. The van der Waals surface area contributed by atoms with E-state index in [9.17, 15) is 0 Å². The summed E-state index contributed by atoms with van der Waals surface area (Å²) in [6, 6.07) is 4.33. The molecule has 18 heavy (non-hydrogen) atoms. The SMILES string of the molecule is CC1CN(C)CCCN1c1ccc(Cl)c(CCl)n1. The monoisotopic (exact) mass is 287 g/mol. The Morgan fingerprint density at radius 2 is 2.17 bits per heavy atom. The van der Waals surface area contributed by atoms with E-state index < -0.39 is 0 Å². The fraction of sp³-hybridized carbons (Fsp3) is 0.615. The summed E-state index contributed by atoms with van der Waals surface area (Å²) >= 11 is 11.9. The number of halogens is 2. The summed E-state index contributed by atoms with van der Waals surface area (Å²) in [6.45, 7) is 5.46. The first-order valence-electron chi connectivity index (χ1n) is 6.28. The number of hydrogen-bond donors (Lipinski definition) is 0. The minimum atomic E-state index is 0.356. The van der Waals surface area contributed by atoms with Crippen LogP contribution in [0.25, 0.3) is 0 Å². The fourth-order valence-corrected chi connectivity index (χ4v) is 2.88. The Hall–Kier alpha value is -0.510. The molecule has 0 saturated carbocycles. The maximum absolute atomic E-state index is 6.05. The number of pyridine rings is 1. The molecule has 3 nitrogen and oxygen atoms in total. The van der Waals surface area contributed by atoms with E-state index in [1.807, 2.05) is 12.1 Å². The van der Waals surface area contributed by atoms with Crippen molar-refractivity contribution >= 4 is 29.0 Å². The molecule has 0 radical (unpaired) electrons. The minimum Gasteiger partial charge on any atom is -0.353 e. The molecule has 0 aliphatic carbocycles. The number of aromatic nitrogens is 1. The van der Waals surface area contributed by atoms with Crippen LogP contribution in [0.3, 0.4) is 0 Å². The van der Waals surface area contributed by atoms with Crippen LogP contribution in [0.1, 0.15) is 19.0 Å². The molecule has 1 aromatic heterocycles. The number of hydrogen-bond acceptors (Lipinski definition) is 3. The molecule has 1 fully saturated rings. The molecule has 2 heterocycles. The first-order valence-corrected chi connectivity index (χ1v) is 7.19. The summed E-state index contributed by atoms with van der Waals surface area (Å²) in [5.41, 5.74) is 0.764. The Morgan fingerprint density at radius 3 is 2.89 bits per heavy atom. The lowest BCUT2D eigenvalue weighted by Crippen LogP contribution is -2.38. The van der Waals surface area contributed by atoms with Crippen LogP contribution in [-0.2, 0) is 5.88 Å². The Morgan fingerprint density at radius 1 is 1.39 bits per heavy atom. The molecule has 0 spiro atoms. The van der Waals surface area contributed by atoms with E-state index in [2.05, 4.69) is 28.8 Å². The molecule has 1 saturated heterocycles. The molecule has 5 heteroatoms. The molecule has 0 bridgehead atoms. The van der Waals surface area contributed by atoms with Gasteiger partial charge in [0.05, 0.1) is 16.6 Å². The van der Waals surface area contributed by atoms with Crippen LogP contribution in [0.2, 0.25) is 5.02 Å². The van der Waals surface area contributed by atoms with Crippen molar-refractivity contribution in [2.75, 3.05) is 31.6 Å². The van der Waals surface area contributed by atoms with Gasteiger partial charge in [0.25, 0.3) is 0 Å². The van der Waals surface area contributed by atoms with Crippen molar-refractivity contribution in [1.82, 2.24) is 9.88 Å². The third kappa shape index (κ3) is 3.08. The number of likely N-dealkylation sites (N-methyl/N-ethyl adjacent to an activating group) is 1. The predicted molar refractivity (Wildman–Crippen MR) is 77.7 cm³/mol. The van der Waals surface area contributed by atoms with Crippen molar-refractivity contribution in [2.45, 2.75) is 25.3 Å². The van der Waals surface area contributed by atoms with E-state index in [1.54, 1.807) is 0 Å². The zero-order valence-electron chi connectivity index (χ0n) is 10.9. The van der Waals surface area contributed by atoms with Gasteiger partial charge in [-0.05, 0) is 39.1 Å². The molecule has 0 N–H and O–H groups in total. The van der Waals surface area contributed by atoms with E-state index >= 15 is 0 Å². The van der Waals surface area contributed by atoms with Gasteiger partial charge in [0.15, 0.2) is 0 Å². The molecule has 0 aromatic carbocycles. The molecule has 1 atom stereocenters. The number of nitrogens with zero attached hydrogens (tertiary/aromatic N) is 3. The van der Waals surface area contributed by atoms with Crippen molar-refractivity contribution in [3.05, 3.63) is 22.8 Å². The summed E-state index contributed by atoms with van der Waals surface area (Å²) < 4.78 is 0. The second kappa shape index (κ2) is 6.09. The van der Waals surface area contributed by atoms with Gasteiger partial charge in [-0.2, -0.15) is 0 Å². The Bertz CT molecular complexity index is 411. The van der Waals surface area contributed by atoms with Crippen LogP contribution in [0.15, 0.2) is 12.1 Å². The smallest absolute Gasteiger partial charge is 0.129 e.